The summed E-state index contributed by atoms with van der Waals surface area (Å²) in [6.07, 6.45) is 4.75. The summed E-state index contributed by atoms with van der Waals surface area (Å²) in [5.41, 5.74) is 2.30. The summed E-state index contributed by atoms with van der Waals surface area (Å²) in [4.78, 5) is 14.4. The Bertz CT molecular complexity index is 431. The van der Waals surface area contributed by atoms with Crippen LogP contribution in [0.5, 0.6) is 0 Å². The molecule has 1 aliphatic heterocycles. The summed E-state index contributed by atoms with van der Waals surface area (Å²) >= 11 is 0. The van der Waals surface area contributed by atoms with Crippen LogP contribution in [0.4, 0.5) is 5.69 Å². The maximum Gasteiger partial charge on any atom is 0.243 e. The van der Waals surface area contributed by atoms with Gasteiger partial charge in [-0.1, -0.05) is 44.4 Å². The standard InChI is InChI=1S/C16H24N2O/c1-3-4-5-8-11-18-15-10-7-6-9-14(15)12-17-13(2)16(18)19/h6-7,9-10,13,17H,3-5,8,11-12H2,1-2H3. The first-order valence-corrected chi connectivity index (χ1v) is 7.36. The second-order valence-corrected chi connectivity index (χ2v) is 5.28. The van der Waals surface area contributed by atoms with Gasteiger partial charge in [0, 0.05) is 18.8 Å². The van der Waals surface area contributed by atoms with Crippen molar-refractivity contribution in [2.24, 2.45) is 0 Å². The fourth-order valence-corrected chi connectivity index (χ4v) is 2.55. The van der Waals surface area contributed by atoms with Crippen LogP contribution in [0.15, 0.2) is 24.3 Å². The van der Waals surface area contributed by atoms with Crippen LogP contribution in [0.1, 0.15) is 45.1 Å². The second kappa shape index (κ2) is 6.71. The molecule has 0 aliphatic carbocycles. The van der Waals surface area contributed by atoms with Crippen LogP contribution in [0.3, 0.4) is 0 Å². The van der Waals surface area contributed by atoms with Crippen molar-refractivity contribution < 1.29 is 4.79 Å². The largest absolute Gasteiger partial charge is 0.311 e. The van der Waals surface area contributed by atoms with Crippen molar-refractivity contribution in [1.82, 2.24) is 5.32 Å². The van der Waals surface area contributed by atoms with Crippen LogP contribution in [-0.4, -0.2) is 18.5 Å². The third kappa shape index (κ3) is 3.35. The van der Waals surface area contributed by atoms with Gasteiger partial charge < -0.3 is 10.2 Å². The molecule has 1 heterocycles. The van der Waals surface area contributed by atoms with E-state index in [2.05, 4.69) is 24.4 Å². The van der Waals surface area contributed by atoms with E-state index in [1.165, 1.54) is 24.8 Å². The van der Waals surface area contributed by atoms with E-state index in [0.717, 1.165) is 25.2 Å². The molecule has 0 fully saturated rings. The fourth-order valence-electron chi connectivity index (χ4n) is 2.55. The fraction of sp³-hybridized carbons (Fsp3) is 0.562. The smallest absolute Gasteiger partial charge is 0.243 e. The van der Waals surface area contributed by atoms with E-state index in [1.807, 2.05) is 24.0 Å². The number of para-hydroxylation sites is 1. The molecule has 3 nitrogen and oxygen atoms in total. The third-order valence-corrected chi connectivity index (χ3v) is 3.75. The highest BCUT2D eigenvalue weighted by atomic mass is 16.2. The Hall–Kier alpha value is -1.35. The molecule has 0 bridgehead atoms. The van der Waals surface area contributed by atoms with Gasteiger partial charge in [0.2, 0.25) is 5.91 Å². The molecule has 1 N–H and O–H groups in total. The van der Waals surface area contributed by atoms with E-state index >= 15 is 0 Å². The summed E-state index contributed by atoms with van der Waals surface area (Å²) in [7, 11) is 0. The van der Waals surface area contributed by atoms with E-state index in [9.17, 15) is 4.79 Å². The molecule has 1 aromatic rings. The molecule has 0 aromatic heterocycles. The van der Waals surface area contributed by atoms with E-state index in [0.29, 0.717) is 0 Å². The van der Waals surface area contributed by atoms with Crippen LogP contribution < -0.4 is 10.2 Å². The Balaban J connectivity index is 2.14. The average molecular weight is 260 g/mol. The highest BCUT2D eigenvalue weighted by Gasteiger charge is 2.26. The lowest BCUT2D eigenvalue weighted by atomic mass is 10.1. The first-order chi connectivity index (χ1) is 9.24. The van der Waals surface area contributed by atoms with Gasteiger partial charge in [-0.05, 0) is 25.0 Å². The Morgan fingerprint density at radius 1 is 1.26 bits per heavy atom. The maximum atomic E-state index is 12.4. The van der Waals surface area contributed by atoms with Crippen molar-refractivity contribution >= 4 is 11.6 Å². The molecule has 104 valence electrons. The number of amides is 1. The molecule has 0 saturated heterocycles. The third-order valence-electron chi connectivity index (χ3n) is 3.75. The van der Waals surface area contributed by atoms with Gasteiger partial charge in [0.1, 0.15) is 0 Å². The van der Waals surface area contributed by atoms with Crippen molar-refractivity contribution in [1.29, 1.82) is 0 Å². The molecule has 1 atom stereocenters. The monoisotopic (exact) mass is 260 g/mol. The summed E-state index contributed by atoms with van der Waals surface area (Å²) < 4.78 is 0. The highest BCUT2D eigenvalue weighted by Crippen LogP contribution is 2.24. The summed E-state index contributed by atoms with van der Waals surface area (Å²) in [5, 5.41) is 3.29. The Kier molecular flexibility index (Phi) is 4.97. The maximum absolute atomic E-state index is 12.4. The molecular weight excluding hydrogens is 236 g/mol. The number of carbonyl (C=O) groups is 1. The van der Waals surface area contributed by atoms with Gasteiger partial charge in [0.15, 0.2) is 0 Å². The molecule has 3 heteroatoms. The van der Waals surface area contributed by atoms with Crippen molar-refractivity contribution in [3.8, 4) is 0 Å². The average Bonchev–Trinajstić information content (AvgIpc) is 2.55. The molecule has 0 radical (unpaired) electrons. The quantitative estimate of drug-likeness (QED) is 0.825. The molecule has 1 unspecified atom stereocenters. The van der Waals surface area contributed by atoms with Crippen LogP contribution in [0.2, 0.25) is 0 Å². The number of fused-ring (bicyclic) bond motifs is 1. The number of hydrogen-bond donors (Lipinski definition) is 1. The number of nitrogens with one attached hydrogen (secondary N) is 1. The molecule has 0 spiro atoms. The number of nitrogens with zero attached hydrogens (tertiary/aromatic N) is 1. The predicted octanol–water partition coefficient (Wildman–Crippen LogP) is 3.09. The number of benzene rings is 1. The number of hydrogen-bond acceptors (Lipinski definition) is 2. The minimum atomic E-state index is -0.0985. The minimum absolute atomic E-state index is 0.0985. The van der Waals surface area contributed by atoms with Crippen LogP contribution in [0.25, 0.3) is 0 Å². The normalized spacial score (nSPS) is 19.2. The SMILES string of the molecule is CCCCCCN1C(=O)C(C)NCc2ccccc21. The van der Waals surface area contributed by atoms with Gasteiger partial charge in [-0.2, -0.15) is 0 Å². The lowest BCUT2D eigenvalue weighted by molar-refractivity contribution is -0.120. The second-order valence-electron chi connectivity index (χ2n) is 5.28. The lowest BCUT2D eigenvalue weighted by Crippen LogP contribution is -2.42. The zero-order chi connectivity index (χ0) is 13.7. The molecule has 2 rings (SSSR count). The van der Waals surface area contributed by atoms with Gasteiger partial charge in [0.05, 0.1) is 6.04 Å². The van der Waals surface area contributed by atoms with Gasteiger partial charge in [-0.3, -0.25) is 4.79 Å². The van der Waals surface area contributed by atoms with Crippen LogP contribution in [0, 0.1) is 0 Å². The van der Waals surface area contributed by atoms with Gasteiger partial charge >= 0.3 is 0 Å². The van der Waals surface area contributed by atoms with Crippen LogP contribution >= 0.6 is 0 Å². The predicted molar refractivity (Wildman–Crippen MR) is 79.2 cm³/mol. The number of rotatable bonds is 5. The van der Waals surface area contributed by atoms with E-state index < -0.39 is 0 Å². The van der Waals surface area contributed by atoms with Gasteiger partial charge in [-0.25, -0.2) is 0 Å². The Morgan fingerprint density at radius 3 is 2.84 bits per heavy atom. The zero-order valence-corrected chi connectivity index (χ0v) is 12.0. The van der Waals surface area contributed by atoms with Gasteiger partial charge in [0.25, 0.3) is 0 Å². The number of anilines is 1. The van der Waals surface area contributed by atoms with E-state index in [-0.39, 0.29) is 11.9 Å². The van der Waals surface area contributed by atoms with E-state index in [1.54, 1.807) is 0 Å². The first-order valence-electron chi connectivity index (χ1n) is 7.36. The molecule has 1 aliphatic rings. The van der Waals surface area contributed by atoms with Crippen LogP contribution in [-0.2, 0) is 11.3 Å². The lowest BCUT2D eigenvalue weighted by Gasteiger charge is -2.24. The number of carbonyl (C=O) groups excluding carboxylic acids is 1. The van der Waals surface area contributed by atoms with Crippen molar-refractivity contribution in [2.75, 3.05) is 11.4 Å². The van der Waals surface area contributed by atoms with E-state index in [4.69, 9.17) is 0 Å². The highest BCUT2D eigenvalue weighted by molar-refractivity contribution is 5.98. The molecule has 1 aromatic carbocycles. The summed E-state index contributed by atoms with van der Waals surface area (Å²) in [5.74, 6) is 0.196. The van der Waals surface area contributed by atoms with Gasteiger partial charge in [-0.15, -0.1) is 0 Å². The Morgan fingerprint density at radius 2 is 2.05 bits per heavy atom. The molecular formula is C16H24N2O. The Labute approximate surface area is 116 Å². The minimum Gasteiger partial charge on any atom is -0.311 e. The zero-order valence-electron chi connectivity index (χ0n) is 12.0. The summed E-state index contributed by atoms with van der Waals surface area (Å²) in [6.45, 7) is 5.77. The summed E-state index contributed by atoms with van der Waals surface area (Å²) in [6, 6.07) is 8.12. The van der Waals surface area contributed by atoms with Crippen molar-refractivity contribution in [3.63, 3.8) is 0 Å². The molecule has 19 heavy (non-hydrogen) atoms. The molecule has 1 amide bonds. The van der Waals surface area contributed by atoms with Crippen molar-refractivity contribution in [3.05, 3.63) is 29.8 Å². The first kappa shape index (κ1) is 14.1. The topological polar surface area (TPSA) is 32.3 Å². The number of unbranched alkanes of at least 4 members (excludes halogenated alkanes) is 3. The molecule has 0 saturated carbocycles. The van der Waals surface area contributed by atoms with Crippen molar-refractivity contribution in [2.45, 2.75) is 52.1 Å².